The van der Waals surface area contributed by atoms with Crippen molar-refractivity contribution in [2.75, 3.05) is 37.6 Å². The van der Waals surface area contributed by atoms with Crippen LogP contribution in [0.25, 0.3) is 5.57 Å². The lowest BCUT2D eigenvalue weighted by Gasteiger charge is -2.39. The summed E-state index contributed by atoms with van der Waals surface area (Å²) in [7, 11) is 0. The zero-order valence-corrected chi connectivity index (χ0v) is 22.0. The van der Waals surface area contributed by atoms with Crippen LogP contribution in [0.1, 0.15) is 53.6 Å². The Bertz CT molecular complexity index is 1210. The van der Waals surface area contributed by atoms with E-state index < -0.39 is 5.60 Å². The number of hydrogen-bond acceptors (Lipinski definition) is 4. The number of hydrogen-bond donors (Lipinski definition) is 1. The normalized spacial score (nSPS) is 17.9. The summed E-state index contributed by atoms with van der Waals surface area (Å²) in [4.78, 5) is 17.5. The van der Waals surface area contributed by atoms with Gasteiger partial charge in [0, 0.05) is 48.9 Å². The molecule has 3 aromatic carbocycles. The second-order valence-electron chi connectivity index (χ2n) is 10.2. The fourth-order valence-corrected chi connectivity index (χ4v) is 5.60. The van der Waals surface area contributed by atoms with Crippen molar-refractivity contribution < 1.29 is 9.90 Å². The lowest BCUT2D eigenvalue weighted by Crippen LogP contribution is -2.42. The Morgan fingerprint density at radius 3 is 2.24 bits per heavy atom. The van der Waals surface area contributed by atoms with Gasteiger partial charge in [-0.25, -0.2) is 0 Å². The number of benzene rings is 3. The van der Waals surface area contributed by atoms with E-state index in [0.717, 1.165) is 62.4 Å². The smallest absolute Gasteiger partial charge is 0.162 e. The molecule has 4 nitrogen and oxygen atoms in total. The van der Waals surface area contributed by atoms with E-state index >= 15 is 0 Å². The SMILES string of the molecule is O=C(CCCN1CC=C(c2ccccc2)CC1)c1ccc(N2CCC(O)(c3ccc(Cl)cc3)CC2)cc1. The highest BCUT2D eigenvalue weighted by Crippen LogP contribution is 2.35. The average Bonchev–Trinajstić information content (AvgIpc) is 2.95. The maximum atomic E-state index is 12.8. The molecular formula is C32H35ClN2O2. The van der Waals surface area contributed by atoms with Crippen LogP contribution in [0.5, 0.6) is 0 Å². The summed E-state index contributed by atoms with van der Waals surface area (Å²) in [5, 5.41) is 11.8. The van der Waals surface area contributed by atoms with Crippen molar-refractivity contribution in [3.8, 4) is 0 Å². The number of rotatable bonds is 8. The average molecular weight is 515 g/mol. The number of piperidine rings is 1. The molecule has 0 radical (unpaired) electrons. The third kappa shape index (κ3) is 6.32. The van der Waals surface area contributed by atoms with Gasteiger partial charge in [-0.2, -0.15) is 0 Å². The summed E-state index contributed by atoms with van der Waals surface area (Å²) in [6.45, 7) is 4.49. The van der Waals surface area contributed by atoms with Gasteiger partial charge in [0.05, 0.1) is 5.60 Å². The van der Waals surface area contributed by atoms with Crippen LogP contribution in [-0.2, 0) is 5.60 Å². The van der Waals surface area contributed by atoms with E-state index in [9.17, 15) is 9.90 Å². The Balaban J connectivity index is 1.07. The van der Waals surface area contributed by atoms with Gasteiger partial charge < -0.3 is 10.0 Å². The molecule has 0 unspecified atom stereocenters. The van der Waals surface area contributed by atoms with Gasteiger partial charge >= 0.3 is 0 Å². The molecule has 37 heavy (non-hydrogen) atoms. The maximum absolute atomic E-state index is 12.8. The number of aliphatic hydroxyl groups is 1. The Kier molecular flexibility index (Phi) is 8.09. The first-order valence-corrected chi connectivity index (χ1v) is 13.7. The number of nitrogens with zero attached hydrogens (tertiary/aromatic N) is 2. The van der Waals surface area contributed by atoms with Crippen LogP contribution in [-0.4, -0.2) is 48.5 Å². The molecular weight excluding hydrogens is 480 g/mol. The van der Waals surface area contributed by atoms with Crippen LogP contribution >= 0.6 is 11.6 Å². The molecule has 0 aliphatic carbocycles. The first-order chi connectivity index (χ1) is 18.0. The fourth-order valence-electron chi connectivity index (χ4n) is 5.48. The maximum Gasteiger partial charge on any atom is 0.162 e. The molecule has 0 aromatic heterocycles. The highest BCUT2D eigenvalue weighted by molar-refractivity contribution is 6.30. The van der Waals surface area contributed by atoms with Crippen molar-refractivity contribution in [1.29, 1.82) is 0 Å². The minimum absolute atomic E-state index is 0.208. The third-order valence-corrected chi connectivity index (χ3v) is 8.09. The first-order valence-electron chi connectivity index (χ1n) is 13.3. The molecule has 2 heterocycles. The second-order valence-corrected chi connectivity index (χ2v) is 10.7. The second kappa shape index (κ2) is 11.6. The van der Waals surface area contributed by atoms with E-state index in [-0.39, 0.29) is 5.78 Å². The van der Waals surface area contributed by atoms with Crippen LogP contribution in [0.2, 0.25) is 5.02 Å². The Hall–Kier alpha value is -2.92. The summed E-state index contributed by atoms with van der Waals surface area (Å²) in [6.07, 6.45) is 6.17. The number of carbonyl (C=O) groups excluding carboxylic acids is 1. The van der Waals surface area contributed by atoms with E-state index in [2.05, 4.69) is 46.2 Å². The number of Topliss-reactive ketones (excluding diaryl/α,β-unsaturated/α-hetero) is 1. The van der Waals surface area contributed by atoms with Gasteiger partial charge in [0.25, 0.3) is 0 Å². The summed E-state index contributed by atoms with van der Waals surface area (Å²) in [5.41, 5.74) is 4.74. The summed E-state index contributed by atoms with van der Waals surface area (Å²) < 4.78 is 0. The van der Waals surface area contributed by atoms with E-state index in [0.29, 0.717) is 24.3 Å². The molecule has 5 heteroatoms. The molecule has 0 amide bonds. The standard InChI is InChI=1S/C32H35ClN2O2/c33-29-12-10-28(11-13-29)32(37)18-23-35(24-19-32)30-14-8-27(9-15-30)31(36)7-4-20-34-21-16-26(17-22-34)25-5-2-1-3-6-25/h1-3,5-6,8-16,37H,4,7,17-24H2. The highest BCUT2D eigenvalue weighted by atomic mass is 35.5. The molecule has 2 aliphatic rings. The van der Waals surface area contributed by atoms with Crippen LogP contribution in [0.15, 0.2) is 84.9 Å². The molecule has 0 atom stereocenters. The van der Waals surface area contributed by atoms with Gasteiger partial charge in [-0.3, -0.25) is 9.69 Å². The molecule has 3 aromatic rings. The van der Waals surface area contributed by atoms with Gasteiger partial charge in [0.1, 0.15) is 0 Å². The number of anilines is 1. The largest absolute Gasteiger partial charge is 0.385 e. The van der Waals surface area contributed by atoms with E-state index in [4.69, 9.17) is 11.6 Å². The zero-order valence-electron chi connectivity index (χ0n) is 21.3. The van der Waals surface area contributed by atoms with Crippen molar-refractivity contribution in [2.24, 2.45) is 0 Å². The minimum atomic E-state index is -0.815. The van der Waals surface area contributed by atoms with Gasteiger partial charge in [-0.15, -0.1) is 0 Å². The molecule has 0 saturated carbocycles. The van der Waals surface area contributed by atoms with E-state index in [1.165, 1.54) is 11.1 Å². The molecule has 1 fully saturated rings. The number of ketones is 1. The number of halogens is 1. The summed E-state index contributed by atoms with van der Waals surface area (Å²) in [6, 6.07) is 26.1. The van der Waals surface area contributed by atoms with Gasteiger partial charge in [-0.05, 0) is 85.3 Å². The fraction of sp³-hybridized carbons (Fsp3) is 0.344. The van der Waals surface area contributed by atoms with Crippen LogP contribution in [0, 0.1) is 0 Å². The van der Waals surface area contributed by atoms with Crippen LogP contribution in [0.4, 0.5) is 5.69 Å². The van der Waals surface area contributed by atoms with Crippen LogP contribution < -0.4 is 4.90 Å². The Morgan fingerprint density at radius 1 is 0.892 bits per heavy atom. The predicted molar refractivity (Wildman–Crippen MR) is 152 cm³/mol. The quantitative estimate of drug-likeness (QED) is 0.345. The molecule has 2 aliphatic heterocycles. The topological polar surface area (TPSA) is 43.8 Å². The third-order valence-electron chi connectivity index (χ3n) is 7.84. The minimum Gasteiger partial charge on any atom is -0.385 e. The highest BCUT2D eigenvalue weighted by Gasteiger charge is 2.34. The van der Waals surface area contributed by atoms with Gasteiger partial charge in [-0.1, -0.05) is 60.1 Å². The van der Waals surface area contributed by atoms with Gasteiger partial charge in [0.15, 0.2) is 5.78 Å². The van der Waals surface area contributed by atoms with Gasteiger partial charge in [0.2, 0.25) is 0 Å². The Morgan fingerprint density at radius 2 is 1.59 bits per heavy atom. The van der Waals surface area contributed by atoms with E-state index in [1.54, 1.807) is 0 Å². The summed E-state index contributed by atoms with van der Waals surface area (Å²) >= 11 is 6.00. The monoisotopic (exact) mass is 514 g/mol. The lowest BCUT2D eigenvalue weighted by atomic mass is 9.84. The van der Waals surface area contributed by atoms with Crippen molar-refractivity contribution >= 4 is 28.6 Å². The van der Waals surface area contributed by atoms with Crippen molar-refractivity contribution in [3.05, 3.63) is 107 Å². The zero-order chi connectivity index (χ0) is 25.7. The van der Waals surface area contributed by atoms with Crippen molar-refractivity contribution in [1.82, 2.24) is 4.90 Å². The summed E-state index contributed by atoms with van der Waals surface area (Å²) in [5.74, 6) is 0.208. The van der Waals surface area contributed by atoms with Crippen molar-refractivity contribution in [3.63, 3.8) is 0 Å². The molecule has 0 bridgehead atoms. The van der Waals surface area contributed by atoms with Crippen LogP contribution in [0.3, 0.4) is 0 Å². The predicted octanol–water partition coefficient (Wildman–Crippen LogP) is 6.58. The number of carbonyl (C=O) groups is 1. The molecule has 0 spiro atoms. The first kappa shape index (κ1) is 25.7. The molecule has 192 valence electrons. The lowest BCUT2D eigenvalue weighted by molar-refractivity contribution is 0.0118. The molecule has 5 rings (SSSR count). The molecule has 1 N–H and O–H groups in total. The molecule has 1 saturated heterocycles. The Labute approximate surface area is 225 Å². The van der Waals surface area contributed by atoms with E-state index in [1.807, 2.05) is 48.5 Å². The van der Waals surface area contributed by atoms with Crippen molar-refractivity contribution in [2.45, 2.75) is 37.7 Å².